The molecule has 144 valence electrons. The van der Waals surface area contributed by atoms with E-state index in [0.29, 0.717) is 28.6 Å². The van der Waals surface area contributed by atoms with Crippen molar-refractivity contribution >= 4 is 29.4 Å². The lowest BCUT2D eigenvalue weighted by Crippen LogP contribution is -2.14. The van der Waals surface area contributed by atoms with Crippen molar-refractivity contribution in [2.45, 2.75) is 20.4 Å². The third-order valence-corrected chi connectivity index (χ3v) is 4.68. The molecule has 0 unspecified atom stereocenters. The molecule has 7 heteroatoms. The molecule has 0 bridgehead atoms. The first-order chi connectivity index (χ1) is 13.5. The molecule has 1 N–H and O–H groups in total. The first kappa shape index (κ1) is 19.6. The average Bonchev–Trinajstić information content (AvgIpc) is 3.00. The topological polar surface area (TPSA) is 68.5 Å². The molecule has 6 nitrogen and oxygen atoms in total. The molecule has 0 aliphatic rings. The standard InChI is InChI=1S/C21H21ClN4O2/c1-4-26-20(22)19(14(2)25-26)21(27)24-18-8-6-5-7-17(18)16-11-9-15(10-12-16)13-23-28-3/h5-13H,4H2,1-3H3,(H,24,27). The number of aryl methyl sites for hydroxylation is 2. The predicted molar refractivity (Wildman–Crippen MR) is 112 cm³/mol. The number of para-hydroxylation sites is 1. The van der Waals surface area contributed by atoms with Crippen LogP contribution in [0, 0.1) is 6.92 Å². The van der Waals surface area contributed by atoms with Gasteiger partial charge in [-0.2, -0.15) is 5.10 Å². The van der Waals surface area contributed by atoms with E-state index in [1.54, 1.807) is 17.8 Å². The molecule has 1 heterocycles. The minimum atomic E-state index is -0.279. The van der Waals surface area contributed by atoms with Gasteiger partial charge in [0.2, 0.25) is 0 Å². The van der Waals surface area contributed by atoms with Crippen molar-refractivity contribution in [1.29, 1.82) is 0 Å². The maximum absolute atomic E-state index is 12.9. The zero-order valence-corrected chi connectivity index (χ0v) is 16.7. The number of carbonyl (C=O) groups is 1. The van der Waals surface area contributed by atoms with Crippen LogP contribution in [0.2, 0.25) is 5.15 Å². The lowest BCUT2D eigenvalue weighted by atomic mass is 10.0. The lowest BCUT2D eigenvalue weighted by molar-refractivity contribution is 0.102. The number of halogens is 1. The lowest BCUT2D eigenvalue weighted by Gasteiger charge is -2.11. The van der Waals surface area contributed by atoms with Crippen molar-refractivity contribution in [2.75, 3.05) is 12.4 Å². The molecule has 2 aromatic carbocycles. The molecule has 0 radical (unpaired) electrons. The minimum absolute atomic E-state index is 0.279. The largest absolute Gasteiger partial charge is 0.399 e. The van der Waals surface area contributed by atoms with Gasteiger partial charge in [0.05, 0.1) is 17.5 Å². The maximum atomic E-state index is 12.9. The number of hydrogen-bond acceptors (Lipinski definition) is 4. The van der Waals surface area contributed by atoms with Crippen LogP contribution in [0.3, 0.4) is 0 Å². The number of hydrogen-bond donors (Lipinski definition) is 1. The summed E-state index contributed by atoms with van der Waals surface area (Å²) in [5.74, 6) is -0.279. The number of aromatic nitrogens is 2. The van der Waals surface area contributed by atoms with E-state index >= 15 is 0 Å². The van der Waals surface area contributed by atoms with Gasteiger partial charge in [0.15, 0.2) is 0 Å². The smallest absolute Gasteiger partial charge is 0.260 e. The van der Waals surface area contributed by atoms with Gasteiger partial charge >= 0.3 is 0 Å². The molecule has 0 fully saturated rings. The molecule has 0 saturated carbocycles. The van der Waals surface area contributed by atoms with Crippen LogP contribution in [0.15, 0.2) is 53.7 Å². The second-order valence-electron chi connectivity index (χ2n) is 6.11. The quantitative estimate of drug-likeness (QED) is 0.482. The van der Waals surface area contributed by atoms with Crippen molar-refractivity contribution in [3.05, 3.63) is 70.5 Å². The second kappa shape index (κ2) is 8.71. The molecule has 28 heavy (non-hydrogen) atoms. The molecule has 0 aliphatic carbocycles. The molecule has 0 aliphatic heterocycles. The molecule has 1 aromatic heterocycles. The van der Waals surface area contributed by atoms with Crippen molar-refractivity contribution in [2.24, 2.45) is 5.16 Å². The van der Waals surface area contributed by atoms with E-state index in [2.05, 4.69) is 15.6 Å². The molecular formula is C21H21ClN4O2. The summed E-state index contributed by atoms with van der Waals surface area (Å²) in [7, 11) is 1.50. The number of oxime groups is 1. The zero-order chi connectivity index (χ0) is 20.1. The normalized spacial score (nSPS) is 11.0. The van der Waals surface area contributed by atoms with E-state index in [1.165, 1.54) is 7.11 Å². The first-order valence-corrected chi connectivity index (χ1v) is 9.23. The number of benzene rings is 2. The van der Waals surface area contributed by atoms with Gasteiger partial charge in [0.1, 0.15) is 12.3 Å². The van der Waals surface area contributed by atoms with Gasteiger partial charge in [-0.1, -0.05) is 59.2 Å². The number of nitrogens with zero attached hydrogens (tertiary/aromatic N) is 3. The summed E-state index contributed by atoms with van der Waals surface area (Å²) >= 11 is 6.32. The van der Waals surface area contributed by atoms with Crippen LogP contribution >= 0.6 is 11.6 Å². The van der Waals surface area contributed by atoms with Crippen LogP contribution < -0.4 is 5.32 Å². The molecule has 0 spiro atoms. The summed E-state index contributed by atoms with van der Waals surface area (Å²) in [6.45, 7) is 4.30. The Morgan fingerprint density at radius 3 is 2.61 bits per heavy atom. The average molecular weight is 397 g/mol. The van der Waals surface area contributed by atoms with Crippen LogP contribution in [-0.2, 0) is 11.4 Å². The Bertz CT molecular complexity index is 1010. The van der Waals surface area contributed by atoms with Crippen LogP contribution in [-0.4, -0.2) is 29.0 Å². The summed E-state index contributed by atoms with van der Waals surface area (Å²) in [5, 5.41) is 11.4. The Labute approximate surface area is 168 Å². The highest BCUT2D eigenvalue weighted by molar-refractivity contribution is 6.33. The van der Waals surface area contributed by atoms with Crippen molar-refractivity contribution in [3.63, 3.8) is 0 Å². The fourth-order valence-electron chi connectivity index (χ4n) is 2.91. The third kappa shape index (κ3) is 4.07. The van der Waals surface area contributed by atoms with Crippen molar-refractivity contribution < 1.29 is 9.63 Å². The second-order valence-corrected chi connectivity index (χ2v) is 6.46. The Morgan fingerprint density at radius 2 is 1.96 bits per heavy atom. The molecule has 1 amide bonds. The molecule has 0 atom stereocenters. The molecular weight excluding hydrogens is 376 g/mol. The van der Waals surface area contributed by atoms with Crippen molar-refractivity contribution in [3.8, 4) is 11.1 Å². The van der Waals surface area contributed by atoms with E-state index in [9.17, 15) is 4.79 Å². The summed E-state index contributed by atoms with van der Waals surface area (Å²) in [6.07, 6.45) is 1.63. The Kier molecular flexibility index (Phi) is 6.11. The Hall–Kier alpha value is -3.12. The van der Waals surface area contributed by atoms with E-state index in [0.717, 1.165) is 16.7 Å². The Balaban J connectivity index is 1.90. The van der Waals surface area contributed by atoms with Gasteiger partial charge in [-0.3, -0.25) is 9.48 Å². The van der Waals surface area contributed by atoms with E-state index < -0.39 is 0 Å². The summed E-state index contributed by atoms with van der Waals surface area (Å²) < 4.78 is 1.61. The summed E-state index contributed by atoms with van der Waals surface area (Å²) in [4.78, 5) is 17.6. The molecule has 0 saturated heterocycles. The maximum Gasteiger partial charge on any atom is 0.260 e. The van der Waals surface area contributed by atoms with E-state index in [-0.39, 0.29) is 5.91 Å². The minimum Gasteiger partial charge on any atom is -0.399 e. The van der Waals surface area contributed by atoms with Gasteiger partial charge in [0, 0.05) is 17.8 Å². The highest BCUT2D eigenvalue weighted by Crippen LogP contribution is 2.29. The molecule has 3 aromatic rings. The van der Waals surface area contributed by atoms with Crippen LogP contribution in [0.25, 0.3) is 11.1 Å². The van der Waals surface area contributed by atoms with Gasteiger partial charge < -0.3 is 10.2 Å². The first-order valence-electron chi connectivity index (χ1n) is 8.85. The van der Waals surface area contributed by atoms with Crippen molar-refractivity contribution in [1.82, 2.24) is 9.78 Å². The predicted octanol–water partition coefficient (Wildman–Crippen LogP) is 4.76. The SMILES string of the molecule is CCn1nc(C)c(C(=O)Nc2ccccc2-c2ccc(C=NOC)cc2)c1Cl. The van der Waals surface area contributed by atoms with Crippen LogP contribution in [0.5, 0.6) is 0 Å². The van der Waals surface area contributed by atoms with E-state index in [4.69, 9.17) is 16.4 Å². The highest BCUT2D eigenvalue weighted by Gasteiger charge is 2.20. The molecule has 3 rings (SSSR count). The van der Waals surface area contributed by atoms with Gasteiger partial charge in [-0.15, -0.1) is 0 Å². The summed E-state index contributed by atoms with van der Waals surface area (Å²) in [6, 6.07) is 15.4. The highest BCUT2D eigenvalue weighted by atomic mass is 35.5. The monoisotopic (exact) mass is 396 g/mol. The van der Waals surface area contributed by atoms with Gasteiger partial charge in [-0.05, 0) is 31.0 Å². The van der Waals surface area contributed by atoms with Gasteiger partial charge in [0.25, 0.3) is 5.91 Å². The fourth-order valence-corrected chi connectivity index (χ4v) is 3.29. The number of amides is 1. The third-order valence-electron chi connectivity index (χ3n) is 4.30. The Morgan fingerprint density at radius 1 is 1.25 bits per heavy atom. The van der Waals surface area contributed by atoms with Gasteiger partial charge in [-0.25, -0.2) is 0 Å². The summed E-state index contributed by atoms with van der Waals surface area (Å²) in [5.41, 5.74) is 4.49. The van der Waals surface area contributed by atoms with E-state index in [1.807, 2.05) is 55.5 Å². The zero-order valence-electron chi connectivity index (χ0n) is 15.9. The van der Waals surface area contributed by atoms with Crippen LogP contribution in [0.4, 0.5) is 5.69 Å². The number of carbonyl (C=O) groups excluding carboxylic acids is 1. The number of nitrogens with one attached hydrogen (secondary N) is 1. The fraction of sp³-hybridized carbons (Fsp3) is 0.190. The number of rotatable bonds is 6. The number of anilines is 1. The van der Waals surface area contributed by atoms with Crippen LogP contribution in [0.1, 0.15) is 28.5 Å².